The Morgan fingerprint density at radius 2 is 1.79 bits per heavy atom. The number of anilines is 1. The maximum absolute atomic E-state index is 11.2. The van der Waals surface area contributed by atoms with Crippen LogP contribution in [-0.4, -0.2) is 42.9 Å². The monoisotopic (exact) mass is 324 g/mol. The maximum Gasteiger partial charge on any atom is 0.152 e. The topological polar surface area (TPSA) is 23.6 Å². The summed E-state index contributed by atoms with van der Waals surface area (Å²) in [4.78, 5) is 15.9. The number of piperazine rings is 1. The lowest BCUT2D eigenvalue weighted by molar-refractivity contribution is 0.112. The molecule has 0 atom stereocenters. The van der Waals surface area contributed by atoms with Gasteiger partial charge in [-0.15, -0.1) is 0 Å². The Morgan fingerprint density at radius 3 is 2.32 bits per heavy atom. The Kier molecular flexibility index (Phi) is 4.31. The second-order valence-electron chi connectivity index (χ2n) is 5.97. The van der Waals surface area contributed by atoms with E-state index in [0.717, 1.165) is 48.2 Å². The van der Waals surface area contributed by atoms with Crippen molar-refractivity contribution in [2.45, 2.75) is 26.3 Å². The van der Waals surface area contributed by atoms with Gasteiger partial charge in [0.15, 0.2) is 6.29 Å². The standard InChI is InChI=1S/C15H21BrN2O/c1-15(2,3)18-8-6-17(7-9-18)14-10-13(16)5-4-12(14)11-19/h4-5,10-11H,6-9H2,1-3H3. The van der Waals surface area contributed by atoms with Crippen molar-refractivity contribution in [1.29, 1.82) is 0 Å². The number of halogens is 1. The zero-order valence-electron chi connectivity index (χ0n) is 11.8. The summed E-state index contributed by atoms with van der Waals surface area (Å²) in [6, 6.07) is 5.83. The molecule has 1 aromatic carbocycles. The molecule has 1 fully saturated rings. The fraction of sp³-hybridized carbons (Fsp3) is 0.533. The summed E-state index contributed by atoms with van der Waals surface area (Å²) in [5.41, 5.74) is 2.03. The van der Waals surface area contributed by atoms with Crippen molar-refractivity contribution in [2.75, 3.05) is 31.1 Å². The Hall–Kier alpha value is -0.870. The first-order chi connectivity index (χ1) is 8.91. The second kappa shape index (κ2) is 5.63. The van der Waals surface area contributed by atoms with Crippen LogP contribution in [0.2, 0.25) is 0 Å². The van der Waals surface area contributed by atoms with Crippen molar-refractivity contribution in [3.8, 4) is 0 Å². The average molecular weight is 325 g/mol. The number of hydrogen-bond acceptors (Lipinski definition) is 3. The molecule has 0 aliphatic carbocycles. The SMILES string of the molecule is CC(C)(C)N1CCN(c2cc(Br)ccc2C=O)CC1. The van der Waals surface area contributed by atoms with Crippen LogP contribution in [-0.2, 0) is 0 Å². The summed E-state index contributed by atoms with van der Waals surface area (Å²) in [5.74, 6) is 0. The minimum absolute atomic E-state index is 0.219. The summed E-state index contributed by atoms with van der Waals surface area (Å²) >= 11 is 3.48. The van der Waals surface area contributed by atoms with Crippen molar-refractivity contribution in [2.24, 2.45) is 0 Å². The van der Waals surface area contributed by atoms with Gasteiger partial charge in [0.1, 0.15) is 0 Å². The van der Waals surface area contributed by atoms with E-state index in [-0.39, 0.29) is 5.54 Å². The highest BCUT2D eigenvalue weighted by Gasteiger charge is 2.26. The zero-order valence-corrected chi connectivity index (χ0v) is 13.4. The van der Waals surface area contributed by atoms with Crippen molar-refractivity contribution < 1.29 is 4.79 Å². The van der Waals surface area contributed by atoms with E-state index in [4.69, 9.17) is 0 Å². The molecular weight excluding hydrogens is 304 g/mol. The van der Waals surface area contributed by atoms with Crippen LogP contribution in [0.5, 0.6) is 0 Å². The number of hydrogen-bond donors (Lipinski definition) is 0. The summed E-state index contributed by atoms with van der Waals surface area (Å²) < 4.78 is 1.02. The van der Waals surface area contributed by atoms with Gasteiger partial charge in [0.05, 0.1) is 0 Å². The largest absolute Gasteiger partial charge is 0.368 e. The summed E-state index contributed by atoms with van der Waals surface area (Å²) in [7, 11) is 0. The van der Waals surface area contributed by atoms with Gasteiger partial charge in [0.25, 0.3) is 0 Å². The molecule has 1 heterocycles. The number of aldehydes is 1. The van der Waals surface area contributed by atoms with Crippen molar-refractivity contribution in [1.82, 2.24) is 4.90 Å². The van der Waals surface area contributed by atoms with E-state index in [1.54, 1.807) is 0 Å². The van der Waals surface area contributed by atoms with Gasteiger partial charge >= 0.3 is 0 Å². The molecule has 1 aliphatic heterocycles. The number of carbonyl (C=O) groups is 1. The van der Waals surface area contributed by atoms with Crippen LogP contribution in [0.1, 0.15) is 31.1 Å². The second-order valence-corrected chi connectivity index (χ2v) is 6.88. The molecule has 104 valence electrons. The molecule has 1 aromatic rings. The fourth-order valence-electron chi connectivity index (χ4n) is 2.51. The van der Waals surface area contributed by atoms with E-state index < -0.39 is 0 Å². The summed E-state index contributed by atoms with van der Waals surface area (Å²) in [6.45, 7) is 10.8. The lowest BCUT2D eigenvalue weighted by Crippen LogP contribution is -2.53. The van der Waals surface area contributed by atoms with Gasteiger partial charge in [0, 0.05) is 47.4 Å². The van der Waals surface area contributed by atoms with Gasteiger partial charge in [-0.1, -0.05) is 15.9 Å². The lowest BCUT2D eigenvalue weighted by Gasteiger charge is -2.43. The minimum atomic E-state index is 0.219. The molecule has 4 heteroatoms. The number of carbonyl (C=O) groups excluding carboxylic acids is 1. The number of rotatable bonds is 2. The molecule has 0 radical (unpaired) electrons. The highest BCUT2D eigenvalue weighted by Crippen LogP contribution is 2.26. The summed E-state index contributed by atoms with van der Waals surface area (Å²) in [6.07, 6.45) is 0.942. The Balaban J connectivity index is 2.13. The molecule has 0 saturated carbocycles. The molecule has 19 heavy (non-hydrogen) atoms. The van der Waals surface area contributed by atoms with Crippen molar-refractivity contribution in [3.05, 3.63) is 28.2 Å². The molecule has 0 bridgehead atoms. The molecule has 3 nitrogen and oxygen atoms in total. The van der Waals surface area contributed by atoms with Crippen LogP contribution in [0, 0.1) is 0 Å². The first kappa shape index (κ1) is 14.5. The van der Waals surface area contributed by atoms with Crippen LogP contribution in [0.4, 0.5) is 5.69 Å². The molecule has 2 rings (SSSR count). The van der Waals surface area contributed by atoms with Crippen molar-refractivity contribution >= 4 is 27.9 Å². The van der Waals surface area contributed by atoms with E-state index >= 15 is 0 Å². The normalized spacial score (nSPS) is 17.6. The molecule has 0 spiro atoms. The maximum atomic E-state index is 11.2. The van der Waals surface area contributed by atoms with E-state index in [1.165, 1.54) is 0 Å². The van der Waals surface area contributed by atoms with Gasteiger partial charge in [-0.3, -0.25) is 9.69 Å². The molecule has 0 unspecified atom stereocenters. The predicted molar refractivity (Wildman–Crippen MR) is 83.1 cm³/mol. The van der Waals surface area contributed by atoms with Crippen LogP contribution < -0.4 is 4.90 Å². The number of nitrogens with zero attached hydrogens (tertiary/aromatic N) is 2. The van der Waals surface area contributed by atoms with Crippen LogP contribution in [0.25, 0.3) is 0 Å². The quantitative estimate of drug-likeness (QED) is 0.780. The van der Waals surface area contributed by atoms with Crippen LogP contribution >= 0.6 is 15.9 Å². The highest BCUT2D eigenvalue weighted by molar-refractivity contribution is 9.10. The zero-order chi connectivity index (χ0) is 14.0. The summed E-state index contributed by atoms with van der Waals surface area (Å²) in [5, 5.41) is 0. The van der Waals surface area contributed by atoms with Gasteiger partial charge in [-0.25, -0.2) is 0 Å². The fourth-order valence-corrected chi connectivity index (χ4v) is 2.86. The third-order valence-corrected chi connectivity index (χ3v) is 4.18. The third-order valence-electron chi connectivity index (χ3n) is 3.69. The molecule has 0 aromatic heterocycles. The molecule has 1 saturated heterocycles. The van der Waals surface area contributed by atoms with Gasteiger partial charge in [0.2, 0.25) is 0 Å². The Labute approximate surface area is 123 Å². The van der Waals surface area contributed by atoms with Crippen LogP contribution in [0.3, 0.4) is 0 Å². The Morgan fingerprint density at radius 1 is 1.16 bits per heavy atom. The highest BCUT2D eigenvalue weighted by atomic mass is 79.9. The van der Waals surface area contributed by atoms with E-state index in [1.807, 2.05) is 18.2 Å². The Bertz CT molecular complexity index is 460. The molecule has 1 aliphatic rings. The van der Waals surface area contributed by atoms with Gasteiger partial charge in [-0.05, 0) is 39.0 Å². The lowest BCUT2D eigenvalue weighted by atomic mass is 10.0. The number of benzene rings is 1. The van der Waals surface area contributed by atoms with E-state index in [9.17, 15) is 4.79 Å². The first-order valence-corrected chi connectivity index (χ1v) is 7.46. The first-order valence-electron chi connectivity index (χ1n) is 6.66. The van der Waals surface area contributed by atoms with Crippen molar-refractivity contribution in [3.63, 3.8) is 0 Å². The average Bonchev–Trinajstić information content (AvgIpc) is 2.38. The van der Waals surface area contributed by atoms with Crippen LogP contribution in [0.15, 0.2) is 22.7 Å². The van der Waals surface area contributed by atoms with E-state index in [0.29, 0.717) is 0 Å². The van der Waals surface area contributed by atoms with Gasteiger partial charge < -0.3 is 4.90 Å². The molecule has 0 N–H and O–H groups in total. The smallest absolute Gasteiger partial charge is 0.152 e. The third kappa shape index (κ3) is 3.37. The minimum Gasteiger partial charge on any atom is -0.368 e. The van der Waals surface area contributed by atoms with Gasteiger partial charge in [-0.2, -0.15) is 0 Å². The predicted octanol–water partition coefficient (Wildman–Crippen LogP) is 3.18. The molecule has 0 amide bonds. The molecular formula is C15H21BrN2O. The van der Waals surface area contributed by atoms with E-state index in [2.05, 4.69) is 46.5 Å².